The molecular weight excluding hydrogens is 242 g/mol. The molecular formula is C14H28N3O2+. The lowest BCUT2D eigenvalue weighted by Crippen LogP contribution is -2.54. The molecule has 110 valence electrons. The van der Waals surface area contributed by atoms with Crippen molar-refractivity contribution in [1.82, 2.24) is 10.2 Å². The fourth-order valence-corrected chi connectivity index (χ4v) is 2.12. The van der Waals surface area contributed by atoms with Gasteiger partial charge in [0.15, 0.2) is 6.04 Å². The Bertz CT molecular complexity index is 341. The first-order chi connectivity index (χ1) is 8.59. The number of carbonyl (C=O) groups is 2. The van der Waals surface area contributed by atoms with Crippen LogP contribution in [0.5, 0.6) is 0 Å². The topological polar surface area (TPSA) is 52.4 Å². The fraction of sp³-hybridized carbons (Fsp3) is 0.786. The van der Waals surface area contributed by atoms with Gasteiger partial charge in [-0.15, -0.1) is 0 Å². The smallest absolute Gasteiger partial charge is 0.339 e. The Morgan fingerprint density at radius 1 is 1.11 bits per heavy atom. The number of amides is 2. The Hall–Kier alpha value is -1.23. The number of nitrogens with zero attached hydrogens (tertiary/aromatic N) is 2. The predicted octanol–water partition coefficient (Wildman–Crippen LogP) is 0.583. The molecule has 0 rings (SSSR count). The summed E-state index contributed by atoms with van der Waals surface area (Å²) in [5.41, 5.74) is 0. The second-order valence-electron chi connectivity index (χ2n) is 5.92. The van der Waals surface area contributed by atoms with Gasteiger partial charge in [-0.1, -0.05) is 27.7 Å². The molecule has 0 aromatic carbocycles. The number of carbonyl (C=O) groups excluding carboxylic acids is 2. The highest BCUT2D eigenvalue weighted by Crippen LogP contribution is 2.10. The largest absolute Gasteiger partial charge is 0.408 e. The van der Waals surface area contributed by atoms with E-state index < -0.39 is 6.04 Å². The Kier molecular flexibility index (Phi) is 6.90. The van der Waals surface area contributed by atoms with Crippen LogP contribution in [-0.2, 0) is 9.59 Å². The van der Waals surface area contributed by atoms with Crippen LogP contribution in [0.1, 0.15) is 27.7 Å². The normalized spacial score (nSPS) is 14.6. The van der Waals surface area contributed by atoms with Crippen molar-refractivity contribution in [2.24, 2.45) is 11.8 Å². The van der Waals surface area contributed by atoms with Crippen LogP contribution in [0.2, 0.25) is 0 Å². The van der Waals surface area contributed by atoms with Gasteiger partial charge in [0.1, 0.15) is 13.8 Å². The van der Waals surface area contributed by atoms with Gasteiger partial charge in [0, 0.05) is 0 Å². The maximum Gasteiger partial charge on any atom is 0.408 e. The SMILES string of the molecule is C=[N+](C)C(=O)[C@@H](NC(=O)[C@H](C(C)C)N(C)C)C(C)C. The van der Waals surface area contributed by atoms with E-state index in [0.717, 1.165) is 0 Å². The van der Waals surface area contributed by atoms with E-state index in [-0.39, 0.29) is 29.7 Å². The van der Waals surface area contributed by atoms with E-state index >= 15 is 0 Å². The van der Waals surface area contributed by atoms with E-state index in [1.165, 1.54) is 4.58 Å². The lowest BCUT2D eigenvalue weighted by Gasteiger charge is -2.28. The second kappa shape index (κ2) is 7.38. The van der Waals surface area contributed by atoms with Gasteiger partial charge >= 0.3 is 5.91 Å². The van der Waals surface area contributed by atoms with E-state index in [2.05, 4.69) is 12.0 Å². The molecule has 0 aromatic heterocycles. The molecule has 0 bridgehead atoms. The first-order valence-electron chi connectivity index (χ1n) is 6.64. The van der Waals surface area contributed by atoms with Gasteiger partial charge in [-0.25, -0.2) is 4.79 Å². The molecule has 0 saturated heterocycles. The Labute approximate surface area is 116 Å². The lowest BCUT2D eigenvalue weighted by atomic mass is 9.99. The number of rotatable bonds is 6. The average molecular weight is 270 g/mol. The molecule has 2 atom stereocenters. The van der Waals surface area contributed by atoms with Gasteiger partial charge in [0.05, 0.1) is 6.04 Å². The van der Waals surface area contributed by atoms with Gasteiger partial charge in [-0.2, -0.15) is 4.58 Å². The highest BCUT2D eigenvalue weighted by Gasteiger charge is 2.34. The molecule has 0 radical (unpaired) electrons. The van der Waals surface area contributed by atoms with Crippen molar-refractivity contribution >= 4 is 18.5 Å². The summed E-state index contributed by atoms with van der Waals surface area (Å²) in [4.78, 5) is 26.2. The quantitative estimate of drug-likeness (QED) is 0.567. The highest BCUT2D eigenvalue weighted by molar-refractivity contribution is 5.87. The summed E-state index contributed by atoms with van der Waals surface area (Å²) in [5.74, 6) is -0.0930. The van der Waals surface area contributed by atoms with Crippen LogP contribution >= 0.6 is 0 Å². The molecule has 0 aromatic rings. The minimum atomic E-state index is -0.531. The Morgan fingerprint density at radius 2 is 1.58 bits per heavy atom. The van der Waals surface area contributed by atoms with Crippen molar-refractivity contribution in [3.05, 3.63) is 0 Å². The van der Waals surface area contributed by atoms with Crippen molar-refractivity contribution in [3.63, 3.8) is 0 Å². The van der Waals surface area contributed by atoms with Crippen LogP contribution in [0.15, 0.2) is 0 Å². The molecule has 5 heteroatoms. The predicted molar refractivity (Wildman–Crippen MR) is 77.4 cm³/mol. The van der Waals surface area contributed by atoms with Crippen LogP contribution < -0.4 is 5.32 Å². The zero-order valence-corrected chi connectivity index (χ0v) is 13.2. The van der Waals surface area contributed by atoms with Crippen molar-refractivity contribution < 1.29 is 14.2 Å². The summed E-state index contributed by atoms with van der Waals surface area (Å²) in [6.07, 6.45) is 0. The van der Waals surface area contributed by atoms with Crippen molar-refractivity contribution in [3.8, 4) is 0 Å². The van der Waals surface area contributed by atoms with E-state index in [0.29, 0.717) is 0 Å². The summed E-state index contributed by atoms with van der Waals surface area (Å²) in [5, 5.41) is 2.85. The van der Waals surface area contributed by atoms with Gasteiger partial charge in [0.2, 0.25) is 5.91 Å². The van der Waals surface area contributed by atoms with Crippen LogP contribution in [0.25, 0.3) is 0 Å². The first-order valence-corrected chi connectivity index (χ1v) is 6.64. The molecule has 0 fully saturated rings. The average Bonchev–Trinajstić information content (AvgIpc) is 2.23. The number of hydrogen-bond donors (Lipinski definition) is 1. The molecule has 0 aliphatic rings. The number of likely N-dealkylation sites (N-methyl/N-ethyl adjacent to an activating group) is 2. The van der Waals surface area contributed by atoms with Gasteiger partial charge in [-0.3, -0.25) is 9.69 Å². The third kappa shape index (κ3) is 5.11. The van der Waals surface area contributed by atoms with Crippen LogP contribution in [-0.4, -0.2) is 61.2 Å². The van der Waals surface area contributed by atoms with E-state index in [1.54, 1.807) is 7.05 Å². The highest BCUT2D eigenvalue weighted by atomic mass is 16.2. The Balaban J connectivity index is 5.00. The molecule has 0 unspecified atom stereocenters. The summed E-state index contributed by atoms with van der Waals surface area (Å²) in [6, 6.07) is -0.777. The van der Waals surface area contributed by atoms with Gasteiger partial charge in [-0.05, 0) is 25.9 Å². The first kappa shape index (κ1) is 17.8. The minimum Gasteiger partial charge on any atom is -0.339 e. The van der Waals surface area contributed by atoms with Crippen LogP contribution in [0.4, 0.5) is 0 Å². The molecule has 0 saturated carbocycles. The van der Waals surface area contributed by atoms with E-state index in [9.17, 15) is 9.59 Å². The van der Waals surface area contributed by atoms with E-state index in [1.807, 2.05) is 46.7 Å². The summed E-state index contributed by atoms with van der Waals surface area (Å²) in [6.45, 7) is 11.4. The monoisotopic (exact) mass is 270 g/mol. The molecule has 5 nitrogen and oxygen atoms in total. The third-order valence-corrected chi connectivity index (χ3v) is 3.06. The lowest BCUT2D eigenvalue weighted by molar-refractivity contribution is -0.413. The van der Waals surface area contributed by atoms with Crippen LogP contribution in [0, 0.1) is 11.8 Å². The molecule has 0 aliphatic heterocycles. The molecule has 0 aliphatic carbocycles. The zero-order chi connectivity index (χ0) is 15.3. The molecule has 1 N–H and O–H groups in total. The van der Waals surface area contributed by atoms with Gasteiger partial charge in [0.25, 0.3) is 0 Å². The molecule has 2 amide bonds. The van der Waals surface area contributed by atoms with Gasteiger partial charge < -0.3 is 5.32 Å². The molecule has 0 heterocycles. The molecule has 0 spiro atoms. The molecule has 19 heavy (non-hydrogen) atoms. The van der Waals surface area contributed by atoms with Crippen molar-refractivity contribution in [2.75, 3.05) is 21.1 Å². The minimum absolute atomic E-state index is 0.0237. The number of nitrogens with one attached hydrogen (secondary N) is 1. The summed E-state index contributed by atoms with van der Waals surface area (Å²) in [7, 11) is 5.32. The van der Waals surface area contributed by atoms with Crippen LogP contribution in [0.3, 0.4) is 0 Å². The maximum absolute atomic E-state index is 12.3. The summed E-state index contributed by atoms with van der Waals surface area (Å²) >= 11 is 0. The van der Waals surface area contributed by atoms with E-state index in [4.69, 9.17) is 0 Å². The maximum atomic E-state index is 12.3. The summed E-state index contributed by atoms with van der Waals surface area (Å²) < 4.78 is 1.27. The van der Waals surface area contributed by atoms with Crippen molar-refractivity contribution in [1.29, 1.82) is 0 Å². The third-order valence-electron chi connectivity index (χ3n) is 3.06. The zero-order valence-electron chi connectivity index (χ0n) is 13.2. The Morgan fingerprint density at radius 3 is 1.84 bits per heavy atom. The second-order valence-corrected chi connectivity index (χ2v) is 5.92. The van der Waals surface area contributed by atoms with Crippen molar-refractivity contribution in [2.45, 2.75) is 39.8 Å². The number of hydrogen-bond acceptors (Lipinski definition) is 3. The fourth-order valence-electron chi connectivity index (χ4n) is 2.12. The standard InChI is InChI=1S/C14H27N3O2/c1-9(2)11(14(19)17(7)8)15-13(18)12(10(3)4)16(5)6/h9-12H,7H2,1-6,8H3/p+1/t11-,12-/m0/s1.